The third-order valence-electron chi connectivity index (χ3n) is 3.27. The molecule has 0 radical (unpaired) electrons. The summed E-state index contributed by atoms with van der Waals surface area (Å²) in [7, 11) is 3.61. The number of nitrogens with zero attached hydrogens (tertiary/aromatic N) is 1. The predicted molar refractivity (Wildman–Crippen MR) is 87.6 cm³/mol. The summed E-state index contributed by atoms with van der Waals surface area (Å²) in [5.41, 5.74) is 1.19. The number of carbonyl (C=O) groups is 1. The van der Waals surface area contributed by atoms with Crippen LogP contribution in [0.1, 0.15) is 38.8 Å². The molecule has 0 heterocycles. The van der Waals surface area contributed by atoms with Crippen LogP contribution in [0.15, 0.2) is 28.7 Å². The quantitative estimate of drug-likeness (QED) is 0.857. The van der Waals surface area contributed by atoms with Gasteiger partial charge in [0.05, 0.1) is 6.04 Å². The molecule has 3 nitrogen and oxygen atoms in total. The van der Waals surface area contributed by atoms with Gasteiger partial charge in [-0.25, -0.2) is 0 Å². The highest BCUT2D eigenvalue weighted by molar-refractivity contribution is 9.10. The number of amides is 1. The lowest BCUT2D eigenvalue weighted by molar-refractivity contribution is -0.131. The molecule has 1 aromatic rings. The molecule has 1 amide bonds. The van der Waals surface area contributed by atoms with Crippen molar-refractivity contribution in [2.45, 2.75) is 39.3 Å². The fourth-order valence-corrected chi connectivity index (χ4v) is 2.44. The van der Waals surface area contributed by atoms with E-state index >= 15 is 0 Å². The van der Waals surface area contributed by atoms with Crippen molar-refractivity contribution in [2.24, 2.45) is 5.92 Å². The number of hydrogen-bond donors (Lipinski definition) is 1. The van der Waals surface area contributed by atoms with Crippen molar-refractivity contribution < 1.29 is 4.79 Å². The molecule has 1 aromatic carbocycles. The second-order valence-corrected chi connectivity index (χ2v) is 6.77. The first-order chi connectivity index (χ1) is 9.31. The molecular formula is C16H25BrN2O. The van der Waals surface area contributed by atoms with Crippen LogP contribution in [0.3, 0.4) is 0 Å². The second kappa shape index (κ2) is 7.79. The van der Waals surface area contributed by atoms with Crippen molar-refractivity contribution in [1.82, 2.24) is 10.2 Å². The van der Waals surface area contributed by atoms with E-state index in [2.05, 4.69) is 54.2 Å². The molecule has 4 heteroatoms. The number of carbonyl (C=O) groups excluding carboxylic acids is 1. The molecule has 0 fully saturated rings. The van der Waals surface area contributed by atoms with Gasteiger partial charge in [0.1, 0.15) is 0 Å². The summed E-state index contributed by atoms with van der Waals surface area (Å²) >= 11 is 3.44. The molecule has 0 bridgehead atoms. The molecule has 2 atom stereocenters. The number of likely N-dealkylation sites (N-methyl/N-ethyl adjacent to an activating group) is 1. The minimum Gasteiger partial charge on any atom is -0.347 e. The van der Waals surface area contributed by atoms with Crippen molar-refractivity contribution in [1.29, 1.82) is 0 Å². The van der Waals surface area contributed by atoms with Crippen LogP contribution in [-0.4, -0.2) is 30.9 Å². The van der Waals surface area contributed by atoms with Gasteiger partial charge in [0.25, 0.3) is 0 Å². The van der Waals surface area contributed by atoms with E-state index in [1.165, 1.54) is 5.56 Å². The molecule has 0 aromatic heterocycles. The highest BCUT2D eigenvalue weighted by Gasteiger charge is 2.23. The van der Waals surface area contributed by atoms with Crippen molar-refractivity contribution in [3.63, 3.8) is 0 Å². The van der Waals surface area contributed by atoms with E-state index < -0.39 is 0 Å². The Morgan fingerprint density at radius 2 is 1.75 bits per heavy atom. The number of rotatable bonds is 6. The molecule has 1 rings (SSSR count). The van der Waals surface area contributed by atoms with Gasteiger partial charge in [0.2, 0.25) is 5.91 Å². The van der Waals surface area contributed by atoms with Gasteiger partial charge < -0.3 is 4.90 Å². The summed E-state index contributed by atoms with van der Waals surface area (Å²) < 4.78 is 1.07. The third kappa shape index (κ3) is 5.25. The van der Waals surface area contributed by atoms with E-state index in [0.29, 0.717) is 5.92 Å². The highest BCUT2D eigenvalue weighted by atomic mass is 79.9. The Bertz CT molecular complexity index is 429. The van der Waals surface area contributed by atoms with Crippen LogP contribution in [0.25, 0.3) is 0 Å². The van der Waals surface area contributed by atoms with E-state index in [-0.39, 0.29) is 18.0 Å². The molecule has 0 aliphatic heterocycles. The summed E-state index contributed by atoms with van der Waals surface area (Å²) in [6, 6.07) is 8.22. The van der Waals surface area contributed by atoms with Gasteiger partial charge in [-0.2, -0.15) is 0 Å². The maximum atomic E-state index is 12.3. The van der Waals surface area contributed by atoms with Crippen LogP contribution in [0, 0.1) is 5.92 Å². The Morgan fingerprint density at radius 1 is 1.20 bits per heavy atom. The zero-order valence-electron chi connectivity index (χ0n) is 13.0. The number of benzene rings is 1. The smallest absolute Gasteiger partial charge is 0.239 e. The molecule has 0 aliphatic carbocycles. The number of halogens is 1. The van der Waals surface area contributed by atoms with Crippen molar-refractivity contribution in [3.05, 3.63) is 34.3 Å². The summed E-state index contributed by atoms with van der Waals surface area (Å²) in [6.45, 7) is 6.38. The van der Waals surface area contributed by atoms with Gasteiger partial charge in [-0.05, 0) is 37.0 Å². The molecule has 112 valence electrons. The Balaban J connectivity index is 2.78. The summed E-state index contributed by atoms with van der Waals surface area (Å²) in [6.07, 6.45) is 0.845. The van der Waals surface area contributed by atoms with Gasteiger partial charge in [0.15, 0.2) is 0 Å². The Morgan fingerprint density at radius 3 is 2.20 bits per heavy atom. The van der Waals surface area contributed by atoms with E-state index in [9.17, 15) is 4.79 Å². The maximum Gasteiger partial charge on any atom is 0.239 e. The first kappa shape index (κ1) is 17.2. The normalized spacial score (nSPS) is 14.2. The monoisotopic (exact) mass is 340 g/mol. The summed E-state index contributed by atoms with van der Waals surface area (Å²) in [5.74, 6) is 0.621. The molecule has 0 spiro atoms. The lowest BCUT2D eigenvalue weighted by atomic mass is 10.0. The molecule has 0 saturated heterocycles. The molecule has 20 heavy (non-hydrogen) atoms. The lowest BCUT2D eigenvalue weighted by Crippen LogP contribution is -2.45. The molecular weight excluding hydrogens is 316 g/mol. The van der Waals surface area contributed by atoms with Crippen molar-refractivity contribution in [3.8, 4) is 0 Å². The largest absolute Gasteiger partial charge is 0.347 e. The molecule has 1 N–H and O–H groups in total. The van der Waals surface area contributed by atoms with Gasteiger partial charge >= 0.3 is 0 Å². The third-order valence-corrected chi connectivity index (χ3v) is 3.80. The van der Waals surface area contributed by atoms with Crippen LogP contribution < -0.4 is 5.32 Å². The summed E-state index contributed by atoms with van der Waals surface area (Å²) in [4.78, 5) is 13.9. The fraction of sp³-hybridized carbons (Fsp3) is 0.562. The number of nitrogens with one attached hydrogen (secondary N) is 1. The minimum atomic E-state index is -0.136. The Kier molecular flexibility index (Phi) is 6.69. The number of hydrogen-bond acceptors (Lipinski definition) is 2. The van der Waals surface area contributed by atoms with E-state index in [1.54, 1.807) is 4.90 Å². The van der Waals surface area contributed by atoms with E-state index in [0.717, 1.165) is 10.9 Å². The zero-order valence-corrected chi connectivity index (χ0v) is 14.6. The Hall–Kier alpha value is -0.870. The van der Waals surface area contributed by atoms with Crippen LogP contribution in [0.2, 0.25) is 0 Å². The van der Waals surface area contributed by atoms with E-state index in [1.807, 2.05) is 26.2 Å². The van der Waals surface area contributed by atoms with Crippen LogP contribution in [0.5, 0.6) is 0 Å². The minimum absolute atomic E-state index is 0.136. The SMILES string of the molecule is CC(C)CC(NC(C)c1ccc(Br)cc1)C(=O)N(C)C. The highest BCUT2D eigenvalue weighted by Crippen LogP contribution is 2.18. The Labute approximate surface area is 130 Å². The summed E-state index contributed by atoms with van der Waals surface area (Å²) in [5, 5.41) is 3.46. The van der Waals surface area contributed by atoms with Crippen molar-refractivity contribution in [2.75, 3.05) is 14.1 Å². The van der Waals surface area contributed by atoms with Gasteiger partial charge in [-0.1, -0.05) is 41.9 Å². The van der Waals surface area contributed by atoms with Gasteiger partial charge in [-0.3, -0.25) is 10.1 Å². The first-order valence-electron chi connectivity index (χ1n) is 7.04. The van der Waals surface area contributed by atoms with Gasteiger partial charge in [0, 0.05) is 24.6 Å². The average molecular weight is 341 g/mol. The average Bonchev–Trinajstić information content (AvgIpc) is 2.37. The van der Waals surface area contributed by atoms with Crippen LogP contribution in [0.4, 0.5) is 0 Å². The molecule has 2 unspecified atom stereocenters. The van der Waals surface area contributed by atoms with E-state index in [4.69, 9.17) is 0 Å². The fourth-order valence-electron chi connectivity index (χ4n) is 2.17. The van der Waals surface area contributed by atoms with Crippen LogP contribution >= 0.6 is 15.9 Å². The maximum absolute atomic E-state index is 12.3. The topological polar surface area (TPSA) is 32.3 Å². The van der Waals surface area contributed by atoms with Crippen molar-refractivity contribution >= 4 is 21.8 Å². The lowest BCUT2D eigenvalue weighted by Gasteiger charge is -2.26. The predicted octanol–water partition coefficient (Wildman–Crippen LogP) is 3.60. The zero-order chi connectivity index (χ0) is 15.3. The first-order valence-corrected chi connectivity index (χ1v) is 7.83. The van der Waals surface area contributed by atoms with Gasteiger partial charge in [-0.15, -0.1) is 0 Å². The second-order valence-electron chi connectivity index (χ2n) is 5.85. The molecule has 0 saturated carbocycles. The van der Waals surface area contributed by atoms with Crippen LogP contribution in [-0.2, 0) is 4.79 Å². The standard InChI is InChI=1S/C16H25BrN2O/c1-11(2)10-15(16(20)19(4)5)18-12(3)13-6-8-14(17)9-7-13/h6-9,11-12,15,18H,10H2,1-5H3. The molecule has 0 aliphatic rings.